The van der Waals surface area contributed by atoms with Crippen LogP contribution in [0.25, 0.3) is 0 Å². The largest absolute Gasteiger partial charge is 0.147 e. The maximum absolute atomic E-state index is 2.25. The Morgan fingerprint density at radius 1 is 0.583 bits per heavy atom. The van der Waals surface area contributed by atoms with Crippen molar-refractivity contribution in [3.05, 3.63) is 60.7 Å². The summed E-state index contributed by atoms with van der Waals surface area (Å²) < 4.78 is 0. The van der Waals surface area contributed by atoms with Gasteiger partial charge in [0.15, 0.2) is 0 Å². The molecule has 2 rings (SSSR count). The number of hydrogen-bond donors (Lipinski definition) is 0. The molecule has 2 aromatic carbocycles. The van der Waals surface area contributed by atoms with E-state index < -0.39 is 0 Å². The van der Waals surface area contributed by atoms with E-state index >= 15 is 0 Å². The van der Waals surface area contributed by atoms with E-state index in [1.165, 1.54) is 48.6 Å². The second-order valence-electron chi connectivity index (χ2n) is 5.29. The summed E-state index contributed by atoms with van der Waals surface area (Å²) >= 11 is 0. The highest BCUT2D eigenvalue weighted by molar-refractivity contribution is 7.47. The van der Waals surface area contributed by atoms with Gasteiger partial charge in [0.05, 0.1) is 0 Å². The zero-order chi connectivity index (χ0) is 15.9. The normalized spacial score (nSPS) is 10.1. The summed E-state index contributed by atoms with van der Waals surface area (Å²) in [4.78, 5) is 0. The molecular formula is C20H32Cl2P2. The molecule has 0 aliphatic heterocycles. The first-order chi connectivity index (χ1) is 10.9. The molecule has 0 nitrogen and oxygen atoms in total. The van der Waals surface area contributed by atoms with Gasteiger partial charge >= 0.3 is 0 Å². The fourth-order valence-corrected chi connectivity index (χ4v) is 4.43. The lowest BCUT2D eigenvalue weighted by molar-refractivity contribution is 0.895. The standard InChI is InChI=1S/2C10H15P.2ClH/c2*1-2-3-9-11-10-7-5-4-6-8-10;;/h2*4-8,11H,2-3,9H2,1H3;2*1H. The van der Waals surface area contributed by atoms with Gasteiger partial charge in [-0.25, -0.2) is 0 Å². The lowest BCUT2D eigenvalue weighted by Crippen LogP contribution is -1.92. The van der Waals surface area contributed by atoms with Crippen molar-refractivity contribution >= 4 is 52.6 Å². The Bertz CT molecular complexity index is 418. The Balaban J connectivity index is 0. The van der Waals surface area contributed by atoms with Crippen LogP contribution in [0.3, 0.4) is 0 Å². The van der Waals surface area contributed by atoms with E-state index in [1.807, 2.05) is 0 Å². The van der Waals surface area contributed by atoms with Gasteiger partial charge in [0.25, 0.3) is 0 Å². The van der Waals surface area contributed by atoms with Crippen LogP contribution in [-0.4, -0.2) is 12.3 Å². The topological polar surface area (TPSA) is 0 Å². The summed E-state index contributed by atoms with van der Waals surface area (Å²) in [6, 6.07) is 21.5. The van der Waals surface area contributed by atoms with E-state index in [0.29, 0.717) is 0 Å². The van der Waals surface area contributed by atoms with Gasteiger partial charge in [-0.2, -0.15) is 0 Å². The maximum atomic E-state index is 2.25. The van der Waals surface area contributed by atoms with Crippen LogP contribution in [0.2, 0.25) is 0 Å². The van der Waals surface area contributed by atoms with Crippen molar-refractivity contribution in [2.24, 2.45) is 0 Å². The second kappa shape index (κ2) is 19.2. The molecule has 0 heterocycles. The van der Waals surface area contributed by atoms with Crippen LogP contribution < -0.4 is 10.6 Å². The van der Waals surface area contributed by atoms with Crippen molar-refractivity contribution < 1.29 is 0 Å². The molecule has 0 spiro atoms. The summed E-state index contributed by atoms with van der Waals surface area (Å²) in [7, 11) is 2.02. The fourth-order valence-electron chi connectivity index (χ4n) is 1.93. The van der Waals surface area contributed by atoms with E-state index in [1.54, 1.807) is 0 Å². The average molecular weight is 405 g/mol. The highest BCUT2D eigenvalue weighted by atomic mass is 35.5. The molecule has 0 aliphatic rings. The number of hydrogen-bond acceptors (Lipinski definition) is 0. The van der Waals surface area contributed by atoms with E-state index in [9.17, 15) is 0 Å². The fraction of sp³-hybridized carbons (Fsp3) is 0.400. The molecule has 2 unspecified atom stereocenters. The Morgan fingerprint density at radius 3 is 1.21 bits per heavy atom. The maximum Gasteiger partial charge on any atom is -0.0271 e. The molecule has 0 radical (unpaired) electrons. The molecule has 136 valence electrons. The lowest BCUT2D eigenvalue weighted by Gasteiger charge is -1.98. The summed E-state index contributed by atoms with van der Waals surface area (Å²) in [6.07, 6.45) is 8.10. The van der Waals surface area contributed by atoms with Crippen LogP contribution >= 0.6 is 42.0 Å². The van der Waals surface area contributed by atoms with E-state index in [0.717, 1.165) is 17.2 Å². The second-order valence-corrected chi connectivity index (χ2v) is 8.15. The SMILES string of the molecule is CCCCPc1ccccc1.CCCCPc1ccccc1.Cl.Cl. The first kappa shape index (κ1) is 26.1. The zero-order valence-corrected chi connectivity index (χ0v) is 18.5. The molecule has 0 aromatic heterocycles. The first-order valence-corrected chi connectivity index (χ1v) is 10.9. The molecule has 4 heteroatoms. The van der Waals surface area contributed by atoms with Gasteiger partial charge in [-0.3, -0.25) is 0 Å². The van der Waals surface area contributed by atoms with Gasteiger partial charge < -0.3 is 0 Å². The highest BCUT2D eigenvalue weighted by Crippen LogP contribution is 2.12. The third-order valence-electron chi connectivity index (χ3n) is 3.27. The van der Waals surface area contributed by atoms with Crippen molar-refractivity contribution in [1.29, 1.82) is 0 Å². The Morgan fingerprint density at radius 2 is 0.917 bits per heavy atom. The molecule has 2 aromatic rings. The molecule has 0 aliphatic carbocycles. The smallest absolute Gasteiger partial charge is 0.0271 e. The highest BCUT2D eigenvalue weighted by Gasteiger charge is 1.89. The minimum Gasteiger partial charge on any atom is -0.147 e. The van der Waals surface area contributed by atoms with Gasteiger partial charge in [-0.15, -0.1) is 24.8 Å². The van der Waals surface area contributed by atoms with Crippen molar-refractivity contribution in [1.82, 2.24) is 0 Å². The number of rotatable bonds is 8. The van der Waals surface area contributed by atoms with Gasteiger partial charge in [0.2, 0.25) is 0 Å². The summed E-state index contributed by atoms with van der Waals surface area (Å²) in [5, 5.41) is 3.00. The quantitative estimate of drug-likeness (QED) is 0.351. The van der Waals surface area contributed by atoms with Crippen LogP contribution in [0, 0.1) is 0 Å². The predicted molar refractivity (Wildman–Crippen MR) is 123 cm³/mol. The van der Waals surface area contributed by atoms with Gasteiger partial charge in [-0.1, -0.05) is 105 Å². The Labute approximate surface area is 165 Å². The van der Waals surface area contributed by atoms with Crippen molar-refractivity contribution in [3.8, 4) is 0 Å². The summed E-state index contributed by atoms with van der Waals surface area (Å²) in [6.45, 7) is 4.49. The van der Waals surface area contributed by atoms with Crippen LogP contribution in [-0.2, 0) is 0 Å². The minimum absolute atomic E-state index is 0. The lowest BCUT2D eigenvalue weighted by atomic mass is 10.4. The van der Waals surface area contributed by atoms with Crippen LogP contribution in [0.15, 0.2) is 60.7 Å². The summed E-state index contributed by atoms with van der Waals surface area (Å²) in [5.74, 6) is 0. The molecule has 0 fully saturated rings. The Hall–Kier alpha value is -0.120. The van der Waals surface area contributed by atoms with Gasteiger partial charge in [0.1, 0.15) is 0 Å². The van der Waals surface area contributed by atoms with Gasteiger partial charge in [-0.05, 0) is 35.8 Å². The predicted octanol–water partition coefficient (Wildman–Crippen LogP) is 6.42. The number of benzene rings is 2. The molecule has 24 heavy (non-hydrogen) atoms. The number of halogens is 2. The third-order valence-corrected chi connectivity index (χ3v) is 5.96. The molecule has 0 saturated heterocycles. The summed E-state index contributed by atoms with van der Waals surface area (Å²) in [5.41, 5.74) is 0. The monoisotopic (exact) mass is 404 g/mol. The number of unbranched alkanes of at least 4 members (excludes halogenated alkanes) is 2. The van der Waals surface area contributed by atoms with E-state index in [-0.39, 0.29) is 24.8 Å². The van der Waals surface area contributed by atoms with E-state index in [4.69, 9.17) is 0 Å². The third kappa shape index (κ3) is 14.2. The van der Waals surface area contributed by atoms with Crippen molar-refractivity contribution in [2.75, 3.05) is 12.3 Å². The van der Waals surface area contributed by atoms with Gasteiger partial charge in [0, 0.05) is 0 Å². The molecular weight excluding hydrogens is 373 g/mol. The molecule has 0 saturated carbocycles. The van der Waals surface area contributed by atoms with Crippen LogP contribution in [0.1, 0.15) is 39.5 Å². The van der Waals surface area contributed by atoms with Crippen LogP contribution in [0.5, 0.6) is 0 Å². The molecule has 0 N–H and O–H groups in total. The molecule has 2 atom stereocenters. The van der Waals surface area contributed by atoms with Crippen molar-refractivity contribution in [3.63, 3.8) is 0 Å². The Kier molecular flexibility index (Phi) is 20.9. The van der Waals surface area contributed by atoms with Crippen molar-refractivity contribution in [2.45, 2.75) is 39.5 Å². The average Bonchev–Trinajstić information content (AvgIpc) is 2.58. The zero-order valence-electron chi connectivity index (χ0n) is 14.8. The molecule has 0 bridgehead atoms. The first-order valence-electron chi connectivity index (χ1n) is 8.44. The molecule has 0 amide bonds. The minimum atomic E-state index is 0. The van der Waals surface area contributed by atoms with E-state index in [2.05, 4.69) is 74.5 Å². The van der Waals surface area contributed by atoms with Crippen LogP contribution in [0.4, 0.5) is 0 Å².